The van der Waals surface area contributed by atoms with Crippen LogP contribution in [0.2, 0.25) is 0 Å². The second-order valence-electron chi connectivity index (χ2n) is 12.5. The quantitative estimate of drug-likeness (QED) is 0.224. The van der Waals surface area contributed by atoms with Crippen LogP contribution >= 0.6 is 0 Å². The van der Waals surface area contributed by atoms with Crippen molar-refractivity contribution in [2.24, 2.45) is 0 Å². The molecule has 2 aromatic carbocycles. The van der Waals surface area contributed by atoms with Crippen molar-refractivity contribution in [3.8, 4) is 22.6 Å². The molecule has 0 aliphatic carbocycles. The Morgan fingerprint density at radius 3 is 2.60 bits per heavy atom. The summed E-state index contributed by atoms with van der Waals surface area (Å²) in [6.45, 7) is 3.49. The predicted octanol–water partition coefficient (Wildman–Crippen LogP) is 5.38. The molecule has 1 aliphatic heterocycles. The lowest BCUT2D eigenvalue weighted by Gasteiger charge is -2.34. The van der Waals surface area contributed by atoms with E-state index in [2.05, 4.69) is 10.4 Å². The zero-order valence-electron chi connectivity index (χ0n) is 27.6. The Morgan fingerprint density at radius 2 is 1.90 bits per heavy atom. The van der Waals surface area contributed by atoms with Gasteiger partial charge in [0.1, 0.15) is 28.9 Å². The number of nitrogens with one attached hydrogen (secondary N) is 1. The fourth-order valence-electron chi connectivity index (χ4n) is 6.64. The van der Waals surface area contributed by atoms with Crippen molar-refractivity contribution in [3.63, 3.8) is 0 Å². The number of fused-ring (bicyclic) bond motifs is 6. The molecule has 8 rings (SSSR count). The highest BCUT2D eigenvalue weighted by Crippen LogP contribution is 2.41. The number of sulfonamides is 1. The van der Waals surface area contributed by atoms with E-state index in [0.717, 1.165) is 10.6 Å². The van der Waals surface area contributed by atoms with Crippen LogP contribution < -0.4 is 9.62 Å². The first-order valence-corrected chi connectivity index (χ1v) is 17.9. The molecule has 5 aromatic heterocycles. The second-order valence-corrected chi connectivity index (χ2v) is 14.5. The van der Waals surface area contributed by atoms with Crippen LogP contribution in [0.4, 0.5) is 14.5 Å². The molecule has 1 aliphatic rings. The Bertz CT molecular complexity index is 2620. The van der Waals surface area contributed by atoms with Crippen LogP contribution in [0.1, 0.15) is 23.1 Å². The topological polar surface area (TPSA) is 131 Å². The van der Waals surface area contributed by atoms with Gasteiger partial charge < -0.3 is 9.73 Å². The molecule has 1 amide bonds. The number of amides is 1. The maximum atomic E-state index is 15.1. The molecule has 6 heterocycles. The van der Waals surface area contributed by atoms with Crippen molar-refractivity contribution in [1.82, 2.24) is 34.4 Å². The Hall–Kier alpha value is -5.41. The number of benzene rings is 2. The highest BCUT2D eigenvalue weighted by molar-refractivity contribution is 7.92. The lowest BCUT2D eigenvalue weighted by molar-refractivity contribution is 0.0567. The number of carbonyl (C=O) groups excluding carboxylic acids is 1. The highest BCUT2D eigenvalue weighted by atomic mass is 32.2. The molecule has 7 aromatic rings. The number of carbonyl (C=O) groups is 1. The molecule has 256 valence electrons. The smallest absolute Gasteiger partial charge is 0.255 e. The molecular formula is C35H32F2N8O4S. The minimum absolute atomic E-state index is 0.261. The minimum Gasteiger partial charge on any atom is -0.455 e. The van der Waals surface area contributed by atoms with E-state index in [9.17, 15) is 17.6 Å². The molecule has 0 bridgehead atoms. The molecule has 0 atom stereocenters. The summed E-state index contributed by atoms with van der Waals surface area (Å²) >= 11 is 0. The first kappa shape index (κ1) is 31.8. The Kier molecular flexibility index (Phi) is 7.38. The van der Waals surface area contributed by atoms with Gasteiger partial charge in [-0.15, -0.1) is 0 Å². The van der Waals surface area contributed by atoms with Gasteiger partial charge in [-0.05, 0) is 43.3 Å². The van der Waals surface area contributed by atoms with Crippen LogP contribution in [-0.4, -0.2) is 83.0 Å². The summed E-state index contributed by atoms with van der Waals surface area (Å²) in [5.74, 6) is 0.100. The lowest BCUT2D eigenvalue weighted by Crippen LogP contribution is -2.47. The third kappa shape index (κ3) is 5.07. The number of pyridine rings is 1. The van der Waals surface area contributed by atoms with Crippen LogP contribution in [0.3, 0.4) is 0 Å². The maximum absolute atomic E-state index is 15.1. The van der Waals surface area contributed by atoms with Crippen LogP contribution in [0, 0.1) is 5.82 Å². The molecule has 15 heteroatoms. The van der Waals surface area contributed by atoms with E-state index in [-0.39, 0.29) is 17.0 Å². The summed E-state index contributed by atoms with van der Waals surface area (Å²) in [5.41, 5.74) is 4.38. The van der Waals surface area contributed by atoms with Crippen LogP contribution in [0.15, 0.2) is 65.3 Å². The molecule has 12 nitrogen and oxygen atoms in total. The molecule has 1 saturated heterocycles. The number of aryl methyl sites for hydroxylation is 1. The number of anilines is 1. The number of alkyl halides is 1. The Morgan fingerprint density at radius 1 is 1.10 bits per heavy atom. The van der Waals surface area contributed by atoms with Gasteiger partial charge in [0.15, 0.2) is 5.76 Å². The van der Waals surface area contributed by atoms with Gasteiger partial charge in [0.05, 0.1) is 58.1 Å². The normalized spacial score (nSPS) is 14.3. The van der Waals surface area contributed by atoms with Gasteiger partial charge in [-0.2, -0.15) is 5.10 Å². The first-order valence-electron chi connectivity index (χ1n) is 16.0. The van der Waals surface area contributed by atoms with Crippen LogP contribution in [-0.2, 0) is 23.1 Å². The van der Waals surface area contributed by atoms with Gasteiger partial charge in [0.25, 0.3) is 5.91 Å². The standard InChI is InChI=1S/C35H32F2N8O4S/c1-5-44-15-19(14-39-44)34-32(35(46)38-2)23-11-22(28(13-30(23)49-34)42(3)50(4,47)48)25-9-10-26-33(41-25)29-12-21-24(37)7-6-8-27(21)45(29)31(40-26)18-43-16-20(36)17-43/h6-15,20H,5,16-18H2,1-4H3,(H,38,46). The Balaban J connectivity index is 1.39. The van der Waals surface area contributed by atoms with E-state index in [1.165, 1.54) is 20.2 Å². The van der Waals surface area contributed by atoms with E-state index in [1.807, 2.05) is 16.2 Å². The third-order valence-electron chi connectivity index (χ3n) is 9.29. The van der Waals surface area contributed by atoms with Crippen molar-refractivity contribution in [3.05, 3.63) is 78.1 Å². The monoisotopic (exact) mass is 698 g/mol. The van der Waals surface area contributed by atoms with Crippen molar-refractivity contribution < 1.29 is 26.4 Å². The SMILES string of the molecule is CCn1cc(-c2oc3cc(N(C)S(C)(=O)=O)c(-c4ccc5nc(CN6CC(F)C6)n6c7cccc(F)c7cc6c5n4)cc3c2C(=O)NC)cn1. The number of hydrogen-bond donors (Lipinski definition) is 1. The van der Waals surface area contributed by atoms with E-state index < -0.39 is 27.9 Å². The summed E-state index contributed by atoms with van der Waals surface area (Å²) in [4.78, 5) is 25.3. The van der Waals surface area contributed by atoms with Crippen LogP contribution in [0.25, 0.3) is 61.0 Å². The number of rotatable bonds is 8. The van der Waals surface area contributed by atoms with Gasteiger partial charge in [0.2, 0.25) is 10.0 Å². The van der Waals surface area contributed by atoms with Gasteiger partial charge in [-0.1, -0.05) is 6.07 Å². The zero-order valence-corrected chi connectivity index (χ0v) is 28.4. The number of nitrogens with zero attached hydrogens (tertiary/aromatic N) is 7. The van der Waals surface area contributed by atoms with Gasteiger partial charge in [-0.3, -0.25) is 23.1 Å². The van der Waals surface area contributed by atoms with E-state index >= 15 is 4.39 Å². The first-order chi connectivity index (χ1) is 23.9. The van der Waals surface area contributed by atoms with Crippen molar-refractivity contribution in [1.29, 1.82) is 0 Å². The molecule has 0 saturated carbocycles. The summed E-state index contributed by atoms with van der Waals surface area (Å²) in [7, 11) is -0.814. The molecule has 1 fully saturated rings. The maximum Gasteiger partial charge on any atom is 0.255 e. The largest absolute Gasteiger partial charge is 0.455 e. The third-order valence-corrected chi connectivity index (χ3v) is 10.5. The summed E-state index contributed by atoms with van der Waals surface area (Å²) < 4.78 is 65.7. The van der Waals surface area contributed by atoms with E-state index in [0.29, 0.717) is 87.2 Å². The van der Waals surface area contributed by atoms with Crippen molar-refractivity contribution in [2.75, 3.05) is 37.7 Å². The minimum atomic E-state index is -3.77. The van der Waals surface area contributed by atoms with Crippen molar-refractivity contribution in [2.45, 2.75) is 26.2 Å². The van der Waals surface area contributed by atoms with E-state index in [4.69, 9.17) is 14.4 Å². The fourth-order valence-corrected chi connectivity index (χ4v) is 7.15. The number of aromatic nitrogens is 5. The average Bonchev–Trinajstić information content (AvgIpc) is 3.82. The highest BCUT2D eigenvalue weighted by Gasteiger charge is 2.29. The summed E-state index contributed by atoms with van der Waals surface area (Å²) in [5, 5.41) is 7.85. The summed E-state index contributed by atoms with van der Waals surface area (Å²) in [6, 6.07) is 13.3. The van der Waals surface area contributed by atoms with Crippen molar-refractivity contribution >= 4 is 60.0 Å². The summed E-state index contributed by atoms with van der Waals surface area (Å²) in [6.07, 6.45) is 3.58. The number of likely N-dealkylation sites (tertiary alicyclic amines) is 1. The van der Waals surface area contributed by atoms with Gasteiger partial charge >= 0.3 is 0 Å². The zero-order chi connectivity index (χ0) is 35.1. The predicted molar refractivity (Wildman–Crippen MR) is 187 cm³/mol. The average molecular weight is 699 g/mol. The van der Waals surface area contributed by atoms with Crippen LogP contribution in [0.5, 0.6) is 0 Å². The molecule has 0 radical (unpaired) electrons. The Labute approximate surface area is 285 Å². The fraction of sp³-hybridized carbons (Fsp3) is 0.257. The van der Waals surface area contributed by atoms with E-state index in [1.54, 1.807) is 59.5 Å². The molecule has 50 heavy (non-hydrogen) atoms. The number of halogens is 2. The van der Waals surface area contributed by atoms with Gasteiger partial charge in [0, 0.05) is 62.3 Å². The molecule has 1 N–H and O–H groups in total. The van der Waals surface area contributed by atoms with Gasteiger partial charge in [-0.25, -0.2) is 27.2 Å². The molecule has 0 unspecified atom stereocenters. The second kappa shape index (κ2) is 11.6. The lowest BCUT2D eigenvalue weighted by atomic mass is 10.0. The number of hydrogen-bond acceptors (Lipinski definition) is 8. The molecular weight excluding hydrogens is 666 g/mol. The molecule has 0 spiro atoms. The number of furan rings is 1.